The van der Waals surface area contributed by atoms with Crippen molar-refractivity contribution in [3.05, 3.63) is 81.5 Å². The molecule has 0 saturated carbocycles. The maximum absolute atomic E-state index is 13.1. The largest absolute Gasteiger partial charge is 0.470 e. The quantitative estimate of drug-likeness (QED) is 0.438. The third-order valence-electron chi connectivity index (χ3n) is 5.10. The number of nitrogens with zero attached hydrogens (tertiary/aromatic N) is 6. The highest BCUT2D eigenvalue weighted by Gasteiger charge is 2.19. The normalized spacial score (nSPS) is 11.6. The van der Waals surface area contributed by atoms with Crippen molar-refractivity contribution in [1.29, 1.82) is 0 Å². The summed E-state index contributed by atoms with van der Waals surface area (Å²) >= 11 is 6.33. The summed E-state index contributed by atoms with van der Waals surface area (Å²) < 4.78 is 8.71. The molecule has 9 heteroatoms. The molecule has 33 heavy (non-hydrogen) atoms. The molecule has 0 unspecified atom stereocenters. The van der Waals surface area contributed by atoms with Gasteiger partial charge in [0.1, 0.15) is 18.8 Å². The molecule has 0 atom stereocenters. The third-order valence-corrected chi connectivity index (χ3v) is 5.42. The van der Waals surface area contributed by atoms with E-state index in [1.807, 2.05) is 50.5 Å². The van der Waals surface area contributed by atoms with Crippen LogP contribution in [-0.4, -0.2) is 29.3 Å². The Labute approximate surface area is 196 Å². The minimum atomic E-state index is -0.416. The second kappa shape index (κ2) is 8.78. The van der Waals surface area contributed by atoms with Gasteiger partial charge in [0.15, 0.2) is 5.02 Å². The first kappa shape index (κ1) is 22.7. The Bertz CT molecular complexity index is 1370. The van der Waals surface area contributed by atoms with Gasteiger partial charge >= 0.3 is 0 Å². The van der Waals surface area contributed by atoms with Crippen LogP contribution in [0.5, 0.6) is 5.88 Å². The van der Waals surface area contributed by atoms with E-state index in [0.717, 1.165) is 22.6 Å². The number of halogens is 1. The topological polar surface area (TPSA) is 87.7 Å². The zero-order valence-corrected chi connectivity index (χ0v) is 20.0. The maximum Gasteiger partial charge on any atom is 0.280 e. The van der Waals surface area contributed by atoms with Gasteiger partial charge in [-0.1, -0.05) is 44.5 Å². The molecule has 0 aliphatic carbocycles. The molecule has 0 fully saturated rings. The zero-order chi connectivity index (χ0) is 23.8. The fourth-order valence-electron chi connectivity index (χ4n) is 3.28. The lowest BCUT2D eigenvalue weighted by atomic mass is 9.95. The smallest absolute Gasteiger partial charge is 0.280 e. The van der Waals surface area contributed by atoms with Crippen LogP contribution in [0, 0.1) is 6.92 Å². The average molecular weight is 465 g/mol. The maximum atomic E-state index is 13.1. The molecule has 0 spiro atoms. The predicted molar refractivity (Wildman–Crippen MR) is 127 cm³/mol. The monoisotopic (exact) mass is 464 g/mol. The second-order valence-electron chi connectivity index (χ2n) is 8.83. The Balaban J connectivity index is 1.68. The lowest BCUT2D eigenvalue weighted by Gasteiger charge is -2.17. The van der Waals surface area contributed by atoms with E-state index in [4.69, 9.17) is 21.3 Å². The summed E-state index contributed by atoms with van der Waals surface area (Å²) in [6.07, 6.45) is 4.99. The van der Waals surface area contributed by atoms with Gasteiger partial charge in [-0.05, 0) is 30.7 Å². The van der Waals surface area contributed by atoms with Gasteiger partial charge in [-0.3, -0.25) is 14.0 Å². The number of benzene rings is 1. The van der Waals surface area contributed by atoms with Crippen LogP contribution >= 0.6 is 11.6 Å². The Morgan fingerprint density at radius 3 is 2.61 bits per heavy atom. The Kier molecular flexibility index (Phi) is 6.03. The molecule has 4 rings (SSSR count). The number of hydrogen-bond donors (Lipinski definition) is 0. The van der Waals surface area contributed by atoms with Crippen LogP contribution in [0.4, 0.5) is 0 Å². The van der Waals surface area contributed by atoms with E-state index in [1.54, 1.807) is 10.9 Å². The fourth-order valence-corrected chi connectivity index (χ4v) is 3.47. The van der Waals surface area contributed by atoms with Crippen molar-refractivity contribution in [2.75, 3.05) is 0 Å². The van der Waals surface area contributed by atoms with Crippen LogP contribution in [-0.2, 0) is 19.1 Å². The first-order chi connectivity index (χ1) is 15.6. The minimum Gasteiger partial charge on any atom is -0.470 e. The zero-order valence-electron chi connectivity index (χ0n) is 19.2. The Morgan fingerprint density at radius 2 is 1.91 bits per heavy atom. The molecule has 0 amide bonds. The van der Waals surface area contributed by atoms with Gasteiger partial charge in [0.25, 0.3) is 5.56 Å². The predicted octanol–water partition coefficient (Wildman–Crippen LogP) is 4.26. The highest BCUT2D eigenvalue weighted by atomic mass is 35.5. The lowest BCUT2D eigenvalue weighted by Crippen LogP contribution is -2.21. The molecule has 0 aliphatic heterocycles. The standard InChI is InChI=1S/C24H25ClN6O2/c1-15-6-7-16(18-8-10-26-23(28-18)24(2,3)4)12-19(15)31-14-27-21(20(25)22(31)32)33-13-17-9-11-30(5)29-17/h6-12,14H,13H2,1-5H3. The van der Waals surface area contributed by atoms with E-state index in [1.165, 1.54) is 10.9 Å². The highest BCUT2D eigenvalue weighted by molar-refractivity contribution is 6.31. The second-order valence-corrected chi connectivity index (χ2v) is 9.20. The van der Waals surface area contributed by atoms with E-state index >= 15 is 0 Å². The van der Waals surface area contributed by atoms with Crippen LogP contribution in [0.3, 0.4) is 0 Å². The molecule has 170 valence electrons. The van der Waals surface area contributed by atoms with Crippen LogP contribution in [0.1, 0.15) is 37.9 Å². The van der Waals surface area contributed by atoms with Crippen molar-refractivity contribution in [3.63, 3.8) is 0 Å². The van der Waals surface area contributed by atoms with Crippen molar-refractivity contribution >= 4 is 11.6 Å². The molecule has 3 aromatic heterocycles. The molecule has 1 aromatic carbocycles. The van der Waals surface area contributed by atoms with Gasteiger partial charge < -0.3 is 4.74 Å². The molecule has 0 bridgehead atoms. The summed E-state index contributed by atoms with van der Waals surface area (Å²) in [6, 6.07) is 9.49. The van der Waals surface area contributed by atoms with Crippen LogP contribution in [0.15, 0.2) is 53.8 Å². The van der Waals surface area contributed by atoms with Gasteiger partial charge in [-0.2, -0.15) is 5.10 Å². The number of aromatic nitrogens is 6. The summed E-state index contributed by atoms with van der Waals surface area (Å²) in [5, 5.41) is 4.15. The van der Waals surface area contributed by atoms with Crippen LogP contribution < -0.4 is 10.3 Å². The summed E-state index contributed by atoms with van der Waals surface area (Å²) in [4.78, 5) is 26.4. The molecular weight excluding hydrogens is 440 g/mol. The van der Waals surface area contributed by atoms with Gasteiger partial charge in [0.05, 0.1) is 17.1 Å². The van der Waals surface area contributed by atoms with E-state index in [2.05, 4.69) is 35.8 Å². The summed E-state index contributed by atoms with van der Waals surface area (Å²) in [5.41, 5.74) is 3.32. The van der Waals surface area contributed by atoms with Gasteiger partial charge in [-0.15, -0.1) is 0 Å². The third kappa shape index (κ3) is 4.80. The molecule has 3 heterocycles. The van der Waals surface area contributed by atoms with E-state index in [0.29, 0.717) is 11.4 Å². The van der Waals surface area contributed by atoms with E-state index in [-0.39, 0.29) is 22.9 Å². The molecular formula is C24H25ClN6O2. The molecule has 0 aliphatic rings. The molecule has 0 radical (unpaired) electrons. The highest BCUT2D eigenvalue weighted by Crippen LogP contribution is 2.26. The number of rotatable bonds is 5. The minimum absolute atomic E-state index is 0.0722. The van der Waals surface area contributed by atoms with Gasteiger partial charge in [0.2, 0.25) is 5.88 Å². The van der Waals surface area contributed by atoms with Gasteiger partial charge in [0, 0.05) is 30.4 Å². The lowest BCUT2D eigenvalue weighted by molar-refractivity contribution is 0.287. The van der Waals surface area contributed by atoms with E-state index in [9.17, 15) is 4.79 Å². The molecule has 0 saturated heterocycles. The molecule has 4 aromatic rings. The first-order valence-corrected chi connectivity index (χ1v) is 10.8. The average Bonchev–Trinajstić information content (AvgIpc) is 3.20. The van der Waals surface area contributed by atoms with Crippen molar-refractivity contribution in [2.24, 2.45) is 7.05 Å². The van der Waals surface area contributed by atoms with E-state index < -0.39 is 5.56 Å². The van der Waals surface area contributed by atoms with Crippen LogP contribution in [0.25, 0.3) is 16.9 Å². The fraction of sp³-hybridized carbons (Fsp3) is 0.292. The Hall–Kier alpha value is -3.52. The van der Waals surface area contributed by atoms with Crippen molar-refractivity contribution in [3.8, 4) is 22.8 Å². The molecule has 0 N–H and O–H groups in total. The van der Waals surface area contributed by atoms with Crippen molar-refractivity contribution in [2.45, 2.75) is 39.7 Å². The van der Waals surface area contributed by atoms with Crippen molar-refractivity contribution < 1.29 is 4.74 Å². The van der Waals surface area contributed by atoms with Crippen LogP contribution in [0.2, 0.25) is 5.02 Å². The Morgan fingerprint density at radius 1 is 1.12 bits per heavy atom. The number of hydrogen-bond acceptors (Lipinski definition) is 6. The molecule has 8 nitrogen and oxygen atoms in total. The van der Waals surface area contributed by atoms with Crippen molar-refractivity contribution in [1.82, 2.24) is 29.3 Å². The number of ether oxygens (including phenoxy) is 1. The summed E-state index contributed by atoms with van der Waals surface area (Å²) in [5.74, 6) is 0.821. The summed E-state index contributed by atoms with van der Waals surface area (Å²) in [7, 11) is 1.82. The SMILES string of the molecule is Cc1ccc(-c2ccnc(C(C)(C)C)n2)cc1-n1cnc(OCc2ccn(C)n2)c(Cl)c1=O. The number of aryl methyl sites for hydroxylation is 2. The van der Waals surface area contributed by atoms with Gasteiger partial charge in [-0.25, -0.2) is 15.0 Å². The summed E-state index contributed by atoms with van der Waals surface area (Å²) in [6.45, 7) is 8.28. The first-order valence-electron chi connectivity index (χ1n) is 10.5.